The number of phenols is 1. The van der Waals surface area contributed by atoms with Gasteiger partial charge < -0.3 is 37.6 Å². The maximum Gasteiger partial charge on any atom is 0.326 e. The third-order valence-corrected chi connectivity index (χ3v) is 6.43. The van der Waals surface area contributed by atoms with Crippen molar-refractivity contribution in [3.63, 3.8) is 0 Å². The molecule has 1 aromatic rings. The average Bonchev–Trinajstić information content (AvgIpc) is 2.84. The van der Waals surface area contributed by atoms with E-state index < -0.39 is 60.2 Å². The van der Waals surface area contributed by atoms with Crippen LogP contribution in [0, 0.1) is 5.92 Å². The Kier molecular flexibility index (Phi) is 13.5. The molecule has 0 aromatic heterocycles. The molecule has 0 aliphatic rings. The first kappa shape index (κ1) is 31.7. The van der Waals surface area contributed by atoms with Crippen LogP contribution in [0.5, 0.6) is 5.75 Å². The molecular weight excluding hydrogens is 502 g/mol. The van der Waals surface area contributed by atoms with Gasteiger partial charge in [0.25, 0.3) is 0 Å². The number of nitrogens with two attached hydrogens (primary N) is 2. The Morgan fingerprint density at radius 1 is 0.973 bits per heavy atom. The number of primary amides is 1. The van der Waals surface area contributed by atoms with Gasteiger partial charge in [-0.15, -0.1) is 0 Å². The van der Waals surface area contributed by atoms with Crippen LogP contribution in [-0.4, -0.2) is 76.0 Å². The van der Waals surface area contributed by atoms with Crippen LogP contribution in [0.3, 0.4) is 0 Å². The van der Waals surface area contributed by atoms with Crippen molar-refractivity contribution in [1.82, 2.24) is 16.0 Å². The number of rotatable bonds is 16. The number of nitrogens with one attached hydrogen (secondary N) is 3. The first-order valence-corrected chi connectivity index (χ1v) is 13.2. The molecule has 0 radical (unpaired) electrons. The lowest BCUT2D eigenvalue weighted by atomic mass is 9.96. The summed E-state index contributed by atoms with van der Waals surface area (Å²) in [7, 11) is 0. The van der Waals surface area contributed by atoms with Gasteiger partial charge in [0.15, 0.2) is 0 Å². The zero-order valence-electron chi connectivity index (χ0n) is 21.2. The van der Waals surface area contributed by atoms with Gasteiger partial charge in [0.1, 0.15) is 23.9 Å². The van der Waals surface area contributed by atoms with Gasteiger partial charge in [-0.3, -0.25) is 19.2 Å². The van der Waals surface area contributed by atoms with Crippen molar-refractivity contribution in [3.8, 4) is 5.75 Å². The molecule has 0 bridgehead atoms. The molecule has 12 nitrogen and oxygen atoms in total. The lowest BCUT2D eigenvalue weighted by Crippen LogP contribution is -2.59. The Balaban J connectivity index is 3.02. The second-order valence-electron chi connectivity index (χ2n) is 8.76. The van der Waals surface area contributed by atoms with Crippen molar-refractivity contribution in [2.45, 2.75) is 63.7 Å². The quantitative estimate of drug-likeness (QED) is 0.144. The van der Waals surface area contributed by atoms with E-state index >= 15 is 0 Å². The summed E-state index contributed by atoms with van der Waals surface area (Å²) in [5.41, 5.74) is 11.4. The SMILES string of the molecule is CCC(C)C(NC(=O)C(CCSC)NC(=O)C(N)CC(N)=O)C(=O)NC(Cc1ccc(O)cc1)C(=O)O. The molecule has 0 spiro atoms. The molecule has 1 aromatic carbocycles. The van der Waals surface area contributed by atoms with Crippen molar-refractivity contribution >= 4 is 41.4 Å². The predicted molar refractivity (Wildman–Crippen MR) is 139 cm³/mol. The Bertz CT molecular complexity index is 944. The number of carboxylic acid groups (broad SMARTS) is 1. The van der Waals surface area contributed by atoms with Crippen molar-refractivity contribution in [1.29, 1.82) is 0 Å². The number of benzene rings is 1. The fourth-order valence-corrected chi connectivity index (χ4v) is 3.85. The van der Waals surface area contributed by atoms with Crippen molar-refractivity contribution in [2.75, 3.05) is 12.0 Å². The molecular formula is C24H37N5O7S. The Labute approximate surface area is 220 Å². The van der Waals surface area contributed by atoms with E-state index in [9.17, 15) is 34.2 Å². The van der Waals surface area contributed by atoms with Gasteiger partial charge in [-0.1, -0.05) is 32.4 Å². The largest absolute Gasteiger partial charge is 0.508 e. The second-order valence-corrected chi connectivity index (χ2v) is 9.75. The first-order chi connectivity index (χ1) is 17.4. The highest BCUT2D eigenvalue weighted by molar-refractivity contribution is 7.98. The molecule has 0 aliphatic carbocycles. The molecule has 0 heterocycles. The van der Waals surface area contributed by atoms with Crippen molar-refractivity contribution < 1.29 is 34.2 Å². The number of carboxylic acids is 1. The van der Waals surface area contributed by atoms with E-state index in [0.717, 1.165) is 0 Å². The molecule has 206 valence electrons. The fourth-order valence-electron chi connectivity index (χ4n) is 3.38. The standard InChI is InChI=1S/C24H37N5O7S/c1-4-13(2)20(23(34)28-18(24(35)36)11-14-5-7-15(30)8-6-14)29-22(33)17(9-10-37-3)27-21(32)16(25)12-19(26)31/h5-8,13,16-18,20,30H,4,9-12,25H2,1-3H3,(H2,26,31)(H,27,32)(H,28,34)(H,29,33)(H,35,36). The fraction of sp³-hybridized carbons (Fsp3) is 0.542. The van der Waals surface area contributed by atoms with Crippen molar-refractivity contribution in [2.24, 2.45) is 17.4 Å². The van der Waals surface area contributed by atoms with Crippen LogP contribution in [-0.2, 0) is 30.4 Å². The van der Waals surface area contributed by atoms with Crippen LogP contribution < -0.4 is 27.4 Å². The summed E-state index contributed by atoms with van der Waals surface area (Å²) >= 11 is 1.45. The number of carbonyl (C=O) groups excluding carboxylic acids is 4. The number of hydrogen-bond donors (Lipinski definition) is 7. The lowest BCUT2D eigenvalue weighted by molar-refractivity contribution is -0.142. The summed E-state index contributed by atoms with van der Waals surface area (Å²) in [6.07, 6.45) is 2.13. The molecule has 0 saturated heterocycles. The molecule has 9 N–H and O–H groups in total. The number of phenolic OH excluding ortho intramolecular Hbond substituents is 1. The summed E-state index contributed by atoms with van der Waals surface area (Å²) < 4.78 is 0. The van der Waals surface area contributed by atoms with Crippen LogP contribution in [0.2, 0.25) is 0 Å². The molecule has 1 rings (SSSR count). The molecule has 0 aliphatic heterocycles. The smallest absolute Gasteiger partial charge is 0.326 e. The molecule has 5 atom stereocenters. The summed E-state index contributed by atoms with van der Waals surface area (Å²) in [5.74, 6) is -3.90. The molecule has 4 amide bonds. The van der Waals surface area contributed by atoms with Gasteiger partial charge in [-0.2, -0.15) is 11.8 Å². The highest BCUT2D eigenvalue weighted by Crippen LogP contribution is 2.13. The molecule has 5 unspecified atom stereocenters. The average molecular weight is 540 g/mol. The first-order valence-electron chi connectivity index (χ1n) is 11.8. The van der Waals surface area contributed by atoms with Gasteiger partial charge in [0, 0.05) is 6.42 Å². The van der Waals surface area contributed by atoms with E-state index in [1.54, 1.807) is 19.1 Å². The van der Waals surface area contributed by atoms with Crippen LogP contribution in [0.15, 0.2) is 24.3 Å². The van der Waals surface area contributed by atoms with E-state index in [2.05, 4.69) is 16.0 Å². The number of carbonyl (C=O) groups is 5. The molecule has 13 heteroatoms. The lowest BCUT2D eigenvalue weighted by Gasteiger charge is -2.28. The number of hydrogen-bond acceptors (Lipinski definition) is 8. The van der Waals surface area contributed by atoms with Crippen LogP contribution in [0.1, 0.15) is 38.7 Å². The minimum absolute atomic E-state index is 0.0258. The van der Waals surface area contributed by atoms with Gasteiger partial charge >= 0.3 is 5.97 Å². The Morgan fingerprint density at radius 3 is 2.08 bits per heavy atom. The number of aliphatic carboxylic acids is 1. The van der Waals surface area contributed by atoms with E-state index in [1.165, 1.54) is 23.9 Å². The highest BCUT2D eigenvalue weighted by atomic mass is 32.2. The molecule has 0 saturated carbocycles. The molecule has 0 fully saturated rings. The Morgan fingerprint density at radius 2 is 1.57 bits per heavy atom. The topological polar surface area (TPSA) is 214 Å². The summed E-state index contributed by atoms with van der Waals surface area (Å²) in [4.78, 5) is 61.6. The number of amides is 4. The zero-order chi connectivity index (χ0) is 28.1. The van der Waals surface area contributed by atoms with Gasteiger partial charge in [0.05, 0.1) is 12.5 Å². The summed E-state index contributed by atoms with van der Waals surface area (Å²) in [6.45, 7) is 3.55. The van der Waals surface area contributed by atoms with Crippen LogP contribution in [0.25, 0.3) is 0 Å². The van der Waals surface area contributed by atoms with Crippen LogP contribution >= 0.6 is 11.8 Å². The minimum Gasteiger partial charge on any atom is -0.508 e. The number of aromatic hydroxyl groups is 1. The normalized spacial score (nSPS) is 14.9. The van der Waals surface area contributed by atoms with E-state index in [4.69, 9.17) is 11.5 Å². The van der Waals surface area contributed by atoms with Gasteiger partial charge in [0.2, 0.25) is 23.6 Å². The van der Waals surface area contributed by atoms with E-state index in [-0.39, 0.29) is 24.5 Å². The van der Waals surface area contributed by atoms with E-state index in [0.29, 0.717) is 17.7 Å². The minimum atomic E-state index is -1.28. The maximum atomic E-state index is 13.1. The zero-order valence-corrected chi connectivity index (χ0v) is 22.0. The van der Waals surface area contributed by atoms with Gasteiger partial charge in [-0.25, -0.2) is 4.79 Å². The van der Waals surface area contributed by atoms with E-state index in [1.807, 2.05) is 13.2 Å². The van der Waals surface area contributed by atoms with Gasteiger partial charge in [-0.05, 0) is 42.0 Å². The predicted octanol–water partition coefficient (Wildman–Crippen LogP) is -0.524. The molecule has 37 heavy (non-hydrogen) atoms. The Hall–Kier alpha value is -3.32. The summed E-state index contributed by atoms with van der Waals surface area (Å²) in [5, 5.41) is 26.7. The maximum absolute atomic E-state index is 13.1. The monoisotopic (exact) mass is 539 g/mol. The highest BCUT2D eigenvalue weighted by Gasteiger charge is 2.32. The summed E-state index contributed by atoms with van der Waals surface area (Å²) in [6, 6.07) is 1.30. The number of thioether (sulfide) groups is 1. The van der Waals surface area contributed by atoms with Crippen molar-refractivity contribution in [3.05, 3.63) is 29.8 Å². The second kappa shape index (κ2) is 15.7. The third-order valence-electron chi connectivity index (χ3n) is 5.79. The van der Waals surface area contributed by atoms with Crippen LogP contribution in [0.4, 0.5) is 0 Å². The third kappa shape index (κ3) is 11.1.